The molecule has 3 aromatic rings. The number of benzene rings is 2. The standard InChI is InChI=1S/C20H18FN3O2/c21-17-9-6-15(7-10-17)20-16(8-11-19(26)22-12-13-25)14-24(23-20)18-4-2-1-3-5-18/h1-11,14,25H,12-13H2,(H,22,26)/b11-8+. The van der Waals surface area contributed by atoms with E-state index in [4.69, 9.17) is 5.11 Å². The van der Waals surface area contributed by atoms with E-state index in [1.165, 1.54) is 18.2 Å². The molecule has 0 fully saturated rings. The molecule has 1 heterocycles. The summed E-state index contributed by atoms with van der Waals surface area (Å²) in [4.78, 5) is 11.8. The second-order valence-corrected chi connectivity index (χ2v) is 5.57. The fourth-order valence-corrected chi connectivity index (χ4v) is 2.46. The van der Waals surface area contributed by atoms with Crippen LogP contribution in [-0.4, -0.2) is 33.9 Å². The first-order valence-corrected chi connectivity index (χ1v) is 8.15. The van der Waals surface area contributed by atoms with Crippen LogP contribution in [0.25, 0.3) is 23.0 Å². The number of hydrogen-bond donors (Lipinski definition) is 2. The molecule has 3 rings (SSSR count). The van der Waals surface area contributed by atoms with Crippen LogP contribution in [0.1, 0.15) is 5.56 Å². The Morgan fingerprint density at radius 1 is 1.15 bits per heavy atom. The van der Waals surface area contributed by atoms with Crippen LogP contribution in [0.2, 0.25) is 0 Å². The van der Waals surface area contributed by atoms with Crippen LogP contribution in [0.4, 0.5) is 4.39 Å². The molecule has 0 aliphatic carbocycles. The summed E-state index contributed by atoms with van der Waals surface area (Å²) in [5.74, 6) is -0.631. The van der Waals surface area contributed by atoms with Crippen molar-refractivity contribution >= 4 is 12.0 Å². The Morgan fingerprint density at radius 2 is 1.88 bits per heavy atom. The molecule has 0 radical (unpaired) electrons. The molecule has 26 heavy (non-hydrogen) atoms. The summed E-state index contributed by atoms with van der Waals surface area (Å²) in [6.45, 7) is 0.0730. The molecule has 0 aliphatic heterocycles. The number of hydrogen-bond acceptors (Lipinski definition) is 3. The summed E-state index contributed by atoms with van der Waals surface area (Å²) in [7, 11) is 0. The third-order valence-electron chi connectivity index (χ3n) is 3.71. The summed E-state index contributed by atoms with van der Waals surface area (Å²) in [6, 6.07) is 15.6. The predicted octanol–water partition coefficient (Wildman–Crippen LogP) is 2.80. The maximum atomic E-state index is 13.2. The van der Waals surface area contributed by atoms with E-state index in [-0.39, 0.29) is 24.9 Å². The summed E-state index contributed by atoms with van der Waals surface area (Å²) in [5, 5.41) is 15.9. The molecule has 6 heteroatoms. The Morgan fingerprint density at radius 3 is 2.58 bits per heavy atom. The zero-order valence-corrected chi connectivity index (χ0v) is 14.0. The van der Waals surface area contributed by atoms with E-state index in [1.54, 1.807) is 22.9 Å². The van der Waals surface area contributed by atoms with Crippen molar-refractivity contribution in [1.29, 1.82) is 0 Å². The smallest absolute Gasteiger partial charge is 0.244 e. The summed E-state index contributed by atoms with van der Waals surface area (Å²) < 4.78 is 14.9. The second-order valence-electron chi connectivity index (χ2n) is 5.57. The van der Waals surface area contributed by atoms with E-state index in [2.05, 4.69) is 10.4 Å². The number of amides is 1. The highest BCUT2D eigenvalue weighted by atomic mass is 19.1. The number of nitrogens with one attached hydrogen (secondary N) is 1. The lowest BCUT2D eigenvalue weighted by molar-refractivity contribution is -0.116. The van der Waals surface area contributed by atoms with E-state index in [0.29, 0.717) is 5.69 Å². The van der Waals surface area contributed by atoms with Gasteiger partial charge in [0.1, 0.15) is 5.82 Å². The first-order valence-electron chi connectivity index (χ1n) is 8.15. The molecule has 5 nitrogen and oxygen atoms in total. The third kappa shape index (κ3) is 4.23. The molecule has 132 valence electrons. The van der Waals surface area contributed by atoms with E-state index < -0.39 is 0 Å². The summed E-state index contributed by atoms with van der Waals surface area (Å²) in [5.41, 5.74) is 2.98. The van der Waals surface area contributed by atoms with Gasteiger partial charge < -0.3 is 10.4 Å². The lowest BCUT2D eigenvalue weighted by atomic mass is 10.1. The normalized spacial score (nSPS) is 11.0. The van der Waals surface area contributed by atoms with Gasteiger partial charge in [-0.1, -0.05) is 18.2 Å². The Kier molecular flexibility index (Phi) is 5.56. The zero-order chi connectivity index (χ0) is 18.4. The van der Waals surface area contributed by atoms with E-state index in [9.17, 15) is 9.18 Å². The van der Waals surface area contributed by atoms with Crippen molar-refractivity contribution in [3.63, 3.8) is 0 Å². The number of aliphatic hydroxyl groups excluding tert-OH is 1. The minimum atomic E-state index is -0.322. The van der Waals surface area contributed by atoms with Crippen LogP contribution in [0.5, 0.6) is 0 Å². The third-order valence-corrected chi connectivity index (χ3v) is 3.71. The number of carbonyl (C=O) groups is 1. The highest BCUT2D eigenvalue weighted by Gasteiger charge is 2.11. The Hall–Kier alpha value is -3.25. The fourth-order valence-electron chi connectivity index (χ4n) is 2.46. The van der Waals surface area contributed by atoms with Crippen LogP contribution in [0.15, 0.2) is 66.9 Å². The molecule has 1 aromatic heterocycles. The van der Waals surface area contributed by atoms with Crippen molar-refractivity contribution in [2.24, 2.45) is 0 Å². The van der Waals surface area contributed by atoms with Gasteiger partial charge in [0.05, 0.1) is 18.0 Å². The lowest BCUT2D eigenvalue weighted by Gasteiger charge is -2.00. The van der Waals surface area contributed by atoms with Gasteiger partial charge in [-0.05, 0) is 42.5 Å². The van der Waals surface area contributed by atoms with Crippen LogP contribution in [0.3, 0.4) is 0 Å². The van der Waals surface area contributed by atoms with Gasteiger partial charge >= 0.3 is 0 Å². The quantitative estimate of drug-likeness (QED) is 0.671. The number of halogens is 1. The number of aromatic nitrogens is 2. The van der Waals surface area contributed by atoms with Gasteiger partial charge in [-0.15, -0.1) is 0 Å². The SMILES string of the molecule is O=C(/C=C/c1cn(-c2ccccc2)nc1-c1ccc(F)cc1)NCCO. The van der Waals surface area contributed by atoms with Crippen molar-refractivity contribution in [1.82, 2.24) is 15.1 Å². The van der Waals surface area contributed by atoms with Crippen molar-refractivity contribution in [3.05, 3.63) is 78.3 Å². The van der Waals surface area contributed by atoms with Gasteiger partial charge in [0.25, 0.3) is 0 Å². The maximum Gasteiger partial charge on any atom is 0.244 e. The number of nitrogens with zero attached hydrogens (tertiary/aromatic N) is 2. The topological polar surface area (TPSA) is 67.2 Å². The molecular formula is C20H18FN3O2. The average Bonchev–Trinajstić information content (AvgIpc) is 3.10. The zero-order valence-electron chi connectivity index (χ0n) is 14.0. The molecule has 2 aromatic carbocycles. The van der Waals surface area contributed by atoms with Crippen LogP contribution >= 0.6 is 0 Å². The molecular weight excluding hydrogens is 333 g/mol. The molecule has 0 atom stereocenters. The number of para-hydroxylation sites is 1. The van der Waals surface area contributed by atoms with Gasteiger partial charge in [-0.2, -0.15) is 5.10 Å². The van der Waals surface area contributed by atoms with E-state index >= 15 is 0 Å². The van der Waals surface area contributed by atoms with Gasteiger partial charge in [0.15, 0.2) is 0 Å². The van der Waals surface area contributed by atoms with Gasteiger partial charge in [-0.25, -0.2) is 9.07 Å². The molecule has 0 saturated carbocycles. The minimum Gasteiger partial charge on any atom is -0.395 e. The van der Waals surface area contributed by atoms with Gasteiger partial charge in [-0.3, -0.25) is 4.79 Å². The molecule has 1 amide bonds. The second kappa shape index (κ2) is 8.22. The Bertz CT molecular complexity index is 903. The molecule has 0 saturated heterocycles. The lowest BCUT2D eigenvalue weighted by Crippen LogP contribution is -2.24. The highest BCUT2D eigenvalue weighted by Crippen LogP contribution is 2.25. The first-order chi connectivity index (χ1) is 12.7. The van der Waals surface area contributed by atoms with Crippen LogP contribution < -0.4 is 5.32 Å². The van der Waals surface area contributed by atoms with Crippen molar-refractivity contribution in [2.45, 2.75) is 0 Å². The number of carbonyl (C=O) groups excluding carboxylic acids is 1. The first kappa shape index (κ1) is 17.6. The maximum absolute atomic E-state index is 13.2. The Labute approximate surface area is 150 Å². The molecule has 0 aliphatic rings. The number of aliphatic hydroxyl groups is 1. The molecule has 0 spiro atoms. The van der Waals surface area contributed by atoms with Crippen molar-refractivity contribution < 1.29 is 14.3 Å². The minimum absolute atomic E-state index is 0.119. The van der Waals surface area contributed by atoms with Crippen LogP contribution in [0, 0.1) is 5.82 Å². The van der Waals surface area contributed by atoms with E-state index in [0.717, 1.165) is 16.8 Å². The highest BCUT2D eigenvalue weighted by molar-refractivity contribution is 5.92. The summed E-state index contributed by atoms with van der Waals surface area (Å²) in [6.07, 6.45) is 4.84. The van der Waals surface area contributed by atoms with E-state index in [1.807, 2.05) is 36.5 Å². The predicted molar refractivity (Wildman–Crippen MR) is 98.1 cm³/mol. The van der Waals surface area contributed by atoms with Crippen molar-refractivity contribution in [3.8, 4) is 16.9 Å². The van der Waals surface area contributed by atoms with Gasteiger partial charge in [0.2, 0.25) is 5.91 Å². The summed E-state index contributed by atoms with van der Waals surface area (Å²) >= 11 is 0. The van der Waals surface area contributed by atoms with Crippen LogP contribution in [-0.2, 0) is 4.79 Å². The molecule has 0 bridgehead atoms. The fraction of sp³-hybridized carbons (Fsp3) is 0.100. The average molecular weight is 351 g/mol. The monoisotopic (exact) mass is 351 g/mol. The molecule has 0 unspecified atom stereocenters. The Balaban J connectivity index is 1.97. The van der Waals surface area contributed by atoms with Gasteiger partial charge in [0, 0.05) is 29.9 Å². The number of rotatable bonds is 6. The van der Waals surface area contributed by atoms with Crippen molar-refractivity contribution in [2.75, 3.05) is 13.2 Å². The molecule has 2 N–H and O–H groups in total. The largest absolute Gasteiger partial charge is 0.395 e.